The van der Waals surface area contributed by atoms with E-state index < -0.39 is 6.10 Å². The first-order valence-electron chi connectivity index (χ1n) is 5.15. The maximum Gasteiger partial charge on any atom is 0.0965 e. The summed E-state index contributed by atoms with van der Waals surface area (Å²) in [5, 5.41) is 14.4. The molecule has 1 N–H and O–H groups in total. The van der Waals surface area contributed by atoms with E-state index in [9.17, 15) is 5.11 Å². The molecule has 1 rings (SSSR count). The highest BCUT2D eigenvalue weighted by molar-refractivity contribution is 7.05. The van der Waals surface area contributed by atoms with Gasteiger partial charge in [-0.05, 0) is 16.9 Å². The van der Waals surface area contributed by atoms with Crippen molar-refractivity contribution >= 4 is 11.5 Å². The largest absolute Gasteiger partial charge is 0.387 e. The summed E-state index contributed by atoms with van der Waals surface area (Å²) in [6, 6.07) is 0. The summed E-state index contributed by atoms with van der Waals surface area (Å²) in [6.45, 7) is 12.3. The monoisotopic (exact) mass is 228 g/mol. The van der Waals surface area contributed by atoms with Crippen molar-refractivity contribution < 1.29 is 5.11 Å². The minimum atomic E-state index is -0.494. The predicted molar refractivity (Wildman–Crippen MR) is 63.0 cm³/mol. The molecule has 4 heteroatoms. The second-order valence-corrected chi connectivity index (χ2v) is 6.79. The standard InChI is InChI=1S/C11H20N2OS/c1-10(2,3)8-7(15-13-12-8)9(14)11(4,5)6/h9,14H,1-6H3. The molecule has 86 valence electrons. The average Bonchev–Trinajstić information content (AvgIpc) is 2.47. The topological polar surface area (TPSA) is 46.0 Å². The smallest absolute Gasteiger partial charge is 0.0965 e. The molecule has 0 saturated carbocycles. The molecule has 1 heterocycles. The van der Waals surface area contributed by atoms with Gasteiger partial charge in [0.1, 0.15) is 0 Å². The van der Waals surface area contributed by atoms with Crippen LogP contribution in [0.3, 0.4) is 0 Å². The van der Waals surface area contributed by atoms with Crippen molar-refractivity contribution in [2.24, 2.45) is 5.41 Å². The predicted octanol–water partition coefficient (Wildman–Crippen LogP) is 2.92. The minimum absolute atomic E-state index is 0.0609. The van der Waals surface area contributed by atoms with Crippen LogP contribution in [0.5, 0.6) is 0 Å². The van der Waals surface area contributed by atoms with Crippen molar-refractivity contribution in [1.82, 2.24) is 9.59 Å². The zero-order valence-electron chi connectivity index (χ0n) is 10.3. The van der Waals surface area contributed by atoms with Crippen molar-refractivity contribution in [3.8, 4) is 0 Å². The van der Waals surface area contributed by atoms with Crippen molar-refractivity contribution in [3.05, 3.63) is 10.6 Å². The lowest BCUT2D eigenvalue weighted by Gasteiger charge is -2.27. The highest BCUT2D eigenvalue weighted by atomic mass is 32.1. The average molecular weight is 228 g/mol. The van der Waals surface area contributed by atoms with Crippen LogP contribution in [-0.2, 0) is 5.41 Å². The van der Waals surface area contributed by atoms with Gasteiger partial charge in [-0.15, -0.1) is 5.10 Å². The molecule has 0 aromatic carbocycles. The van der Waals surface area contributed by atoms with Crippen LogP contribution in [0, 0.1) is 5.41 Å². The van der Waals surface area contributed by atoms with Gasteiger partial charge in [0, 0.05) is 5.41 Å². The van der Waals surface area contributed by atoms with Gasteiger partial charge in [-0.1, -0.05) is 46.0 Å². The van der Waals surface area contributed by atoms with Gasteiger partial charge in [-0.25, -0.2) is 0 Å². The molecule has 0 bridgehead atoms. The fourth-order valence-corrected chi connectivity index (χ4v) is 2.39. The Morgan fingerprint density at radius 1 is 1.13 bits per heavy atom. The highest BCUT2D eigenvalue weighted by Gasteiger charge is 2.32. The van der Waals surface area contributed by atoms with E-state index in [1.165, 1.54) is 11.5 Å². The van der Waals surface area contributed by atoms with E-state index in [4.69, 9.17) is 0 Å². The summed E-state index contributed by atoms with van der Waals surface area (Å²) in [4.78, 5) is 0.898. The lowest BCUT2D eigenvalue weighted by Crippen LogP contribution is -2.22. The third kappa shape index (κ3) is 2.75. The molecule has 1 aromatic heterocycles. The maximum absolute atomic E-state index is 10.2. The van der Waals surface area contributed by atoms with Gasteiger partial charge in [0.2, 0.25) is 0 Å². The van der Waals surface area contributed by atoms with E-state index >= 15 is 0 Å². The number of aromatic nitrogens is 2. The second kappa shape index (κ2) is 3.83. The molecule has 0 amide bonds. The van der Waals surface area contributed by atoms with E-state index in [1.54, 1.807) is 0 Å². The third-order valence-corrected chi connectivity index (χ3v) is 3.07. The Balaban J connectivity index is 3.12. The molecule has 1 atom stereocenters. The van der Waals surface area contributed by atoms with Crippen LogP contribution in [0.2, 0.25) is 0 Å². The van der Waals surface area contributed by atoms with Crippen molar-refractivity contribution in [2.75, 3.05) is 0 Å². The molecule has 0 aliphatic heterocycles. The summed E-state index contributed by atoms with van der Waals surface area (Å²) in [5.41, 5.74) is 0.679. The van der Waals surface area contributed by atoms with Crippen LogP contribution >= 0.6 is 11.5 Å². The summed E-state index contributed by atoms with van der Waals surface area (Å²) in [5.74, 6) is 0. The fraction of sp³-hybridized carbons (Fsp3) is 0.818. The minimum Gasteiger partial charge on any atom is -0.387 e. The molecular formula is C11H20N2OS. The van der Waals surface area contributed by atoms with Gasteiger partial charge < -0.3 is 5.11 Å². The normalized spacial score (nSPS) is 15.4. The number of aliphatic hydroxyl groups excluding tert-OH is 1. The molecule has 1 aromatic rings. The Morgan fingerprint density at radius 3 is 2.07 bits per heavy atom. The van der Waals surface area contributed by atoms with Gasteiger partial charge in [0.15, 0.2) is 0 Å². The Bertz CT molecular complexity index is 333. The van der Waals surface area contributed by atoms with E-state index in [-0.39, 0.29) is 10.8 Å². The molecule has 0 radical (unpaired) electrons. The Kier molecular flexibility index (Phi) is 3.22. The highest BCUT2D eigenvalue weighted by Crippen LogP contribution is 2.38. The molecule has 0 aliphatic rings. The van der Waals surface area contributed by atoms with Crippen LogP contribution in [-0.4, -0.2) is 14.7 Å². The van der Waals surface area contributed by atoms with Gasteiger partial charge in [0.05, 0.1) is 16.7 Å². The molecule has 3 nitrogen and oxygen atoms in total. The van der Waals surface area contributed by atoms with Crippen molar-refractivity contribution in [1.29, 1.82) is 0 Å². The van der Waals surface area contributed by atoms with Crippen molar-refractivity contribution in [2.45, 2.75) is 53.1 Å². The Morgan fingerprint density at radius 2 is 1.67 bits per heavy atom. The lowest BCUT2D eigenvalue weighted by atomic mass is 9.83. The number of nitrogens with zero attached hydrogens (tertiary/aromatic N) is 2. The van der Waals surface area contributed by atoms with E-state index in [2.05, 4.69) is 30.4 Å². The summed E-state index contributed by atoms with van der Waals surface area (Å²) >= 11 is 1.30. The molecule has 1 unspecified atom stereocenters. The zero-order valence-corrected chi connectivity index (χ0v) is 11.1. The first-order valence-corrected chi connectivity index (χ1v) is 5.92. The number of hydrogen-bond donors (Lipinski definition) is 1. The van der Waals surface area contributed by atoms with Gasteiger partial charge in [-0.3, -0.25) is 0 Å². The van der Waals surface area contributed by atoms with Gasteiger partial charge in [0.25, 0.3) is 0 Å². The summed E-state index contributed by atoms with van der Waals surface area (Å²) in [6.07, 6.45) is -0.494. The fourth-order valence-electron chi connectivity index (χ4n) is 1.29. The van der Waals surface area contributed by atoms with Crippen LogP contribution < -0.4 is 0 Å². The van der Waals surface area contributed by atoms with E-state index in [0.717, 1.165) is 10.6 Å². The van der Waals surface area contributed by atoms with Crippen LogP contribution in [0.4, 0.5) is 0 Å². The van der Waals surface area contributed by atoms with E-state index in [1.807, 2.05) is 20.8 Å². The third-order valence-electron chi connectivity index (χ3n) is 2.29. The Labute approximate surface area is 95.7 Å². The molecule has 15 heavy (non-hydrogen) atoms. The van der Waals surface area contributed by atoms with Gasteiger partial charge in [-0.2, -0.15) is 0 Å². The first kappa shape index (κ1) is 12.6. The quantitative estimate of drug-likeness (QED) is 0.804. The van der Waals surface area contributed by atoms with Gasteiger partial charge >= 0.3 is 0 Å². The second-order valence-electron chi connectivity index (χ2n) is 6.00. The first-order chi connectivity index (χ1) is 6.64. The summed E-state index contributed by atoms with van der Waals surface area (Å²) in [7, 11) is 0. The number of rotatable bonds is 1. The lowest BCUT2D eigenvalue weighted by molar-refractivity contribution is 0.0641. The number of hydrogen-bond acceptors (Lipinski definition) is 4. The van der Waals surface area contributed by atoms with Crippen LogP contribution in [0.15, 0.2) is 0 Å². The zero-order chi connectivity index (χ0) is 11.9. The number of aliphatic hydroxyl groups is 1. The van der Waals surface area contributed by atoms with Crippen molar-refractivity contribution in [3.63, 3.8) is 0 Å². The molecular weight excluding hydrogens is 208 g/mol. The van der Waals surface area contributed by atoms with Crippen LogP contribution in [0.1, 0.15) is 58.2 Å². The Hall–Kier alpha value is -0.480. The van der Waals surface area contributed by atoms with E-state index in [0.29, 0.717) is 0 Å². The molecule has 0 saturated heterocycles. The summed E-state index contributed by atoms with van der Waals surface area (Å²) < 4.78 is 3.95. The molecule has 0 aliphatic carbocycles. The SMILES string of the molecule is CC(C)(C)c1nnsc1C(O)C(C)(C)C. The van der Waals surface area contributed by atoms with Crippen LogP contribution in [0.25, 0.3) is 0 Å². The maximum atomic E-state index is 10.2. The molecule has 0 spiro atoms. The molecule has 0 fully saturated rings.